The van der Waals surface area contributed by atoms with Gasteiger partial charge in [-0.2, -0.15) is 0 Å². The lowest BCUT2D eigenvalue weighted by molar-refractivity contribution is -0.185. The van der Waals surface area contributed by atoms with Gasteiger partial charge in [0.2, 0.25) is 5.75 Å². The largest absolute Gasteiger partial charge is 0.497 e. The molecule has 0 fully saturated rings. The van der Waals surface area contributed by atoms with E-state index in [9.17, 15) is 9.90 Å². The van der Waals surface area contributed by atoms with Gasteiger partial charge in [0.25, 0.3) is 5.79 Å². The smallest absolute Gasteiger partial charge is 0.342 e. The predicted octanol–water partition coefficient (Wildman–Crippen LogP) is 3.66. The summed E-state index contributed by atoms with van der Waals surface area (Å²) in [5.41, 5.74) is 3.08. The summed E-state index contributed by atoms with van der Waals surface area (Å²) in [5, 5.41) is 19.6. The molecule has 4 aromatic rings. The van der Waals surface area contributed by atoms with E-state index in [1.807, 2.05) is 0 Å². The Hall–Kier alpha value is -4.57. The van der Waals surface area contributed by atoms with Gasteiger partial charge in [0.15, 0.2) is 11.5 Å². The van der Waals surface area contributed by atoms with E-state index in [1.54, 1.807) is 61.7 Å². The topological polar surface area (TPSA) is 122 Å². The summed E-state index contributed by atoms with van der Waals surface area (Å²) >= 11 is 0. The lowest BCUT2D eigenvalue weighted by atomic mass is 9.88. The minimum atomic E-state index is -2.05. The molecule has 37 heavy (non-hydrogen) atoms. The standard InChI is InChI=1S/C27H24N2O8/c1-32-18-8-6-17(7-9-18)27(31)19(11-15-12-22(33-2)25(35-4)23(13-15)34-3)24(26(30)36-27)16-5-10-20-21(14-16)29-37-28-20/h5-10,12-14,31H,11H2,1-4H3. The van der Waals surface area contributed by atoms with Crippen LogP contribution in [0.5, 0.6) is 23.0 Å². The molecule has 1 atom stereocenters. The van der Waals surface area contributed by atoms with Crippen LogP contribution in [0, 0.1) is 0 Å². The molecule has 1 aliphatic heterocycles. The number of methoxy groups -OCH3 is 4. The summed E-state index contributed by atoms with van der Waals surface area (Å²) in [6.45, 7) is 0. The number of carbonyl (C=O) groups is 1. The molecule has 10 nitrogen and oxygen atoms in total. The number of hydrogen-bond acceptors (Lipinski definition) is 10. The summed E-state index contributed by atoms with van der Waals surface area (Å²) < 4.78 is 32.1. The highest BCUT2D eigenvalue weighted by Gasteiger charge is 2.48. The number of esters is 1. The Balaban J connectivity index is 1.70. The van der Waals surface area contributed by atoms with Crippen LogP contribution in [-0.4, -0.2) is 49.8 Å². The Morgan fingerprint density at radius 1 is 0.838 bits per heavy atom. The average Bonchev–Trinajstić information content (AvgIpc) is 3.49. The fraction of sp³-hybridized carbons (Fsp3) is 0.222. The number of ether oxygens (including phenoxy) is 5. The number of carbonyl (C=O) groups excluding carboxylic acids is 1. The van der Waals surface area contributed by atoms with Gasteiger partial charge >= 0.3 is 5.97 Å². The van der Waals surface area contributed by atoms with Crippen molar-refractivity contribution < 1.29 is 38.2 Å². The van der Waals surface area contributed by atoms with Gasteiger partial charge < -0.3 is 28.8 Å². The number of aromatic nitrogens is 2. The zero-order chi connectivity index (χ0) is 26.2. The molecule has 1 aliphatic rings. The lowest BCUT2D eigenvalue weighted by Crippen LogP contribution is -2.29. The van der Waals surface area contributed by atoms with Crippen LogP contribution in [0.2, 0.25) is 0 Å². The SMILES string of the molecule is COc1ccc(C2(O)OC(=O)C(c3ccc4nonc4c3)=C2Cc2cc(OC)c(OC)c(OC)c2)cc1. The highest BCUT2D eigenvalue weighted by atomic mass is 16.7. The molecule has 0 radical (unpaired) electrons. The van der Waals surface area contributed by atoms with Gasteiger partial charge in [-0.3, -0.25) is 0 Å². The molecule has 10 heteroatoms. The maximum Gasteiger partial charge on any atom is 0.342 e. The van der Waals surface area contributed by atoms with Crippen LogP contribution in [-0.2, 0) is 21.7 Å². The van der Waals surface area contributed by atoms with E-state index in [0.29, 0.717) is 56.3 Å². The first-order chi connectivity index (χ1) is 17.9. The van der Waals surface area contributed by atoms with Gasteiger partial charge in [0.1, 0.15) is 16.8 Å². The van der Waals surface area contributed by atoms with E-state index in [0.717, 1.165) is 0 Å². The number of aliphatic hydroxyl groups is 1. The Morgan fingerprint density at radius 3 is 2.14 bits per heavy atom. The third-order valence-corrected chi connectivity index (χ3v) is 6.28. The molecule has 190 valence electrons. The summed E-state index contributed by atoms with van der Waals surface area (Å²) in [6, 6.07) is 15.2. The summed E-state index contributed by atoms with van der Waals surface area (Å²) in [4.78, 5) is 13.3. The van der Waals surface area contributed by atoms with Gasteiger partial charge in [0.05, 0.1) is 34.0 Å². The van der Waals surface area contributed by atoms with Crippen molar-refractivity contribution in [1.82, 2.24) is 10.3 Å². The molecule has 1 unspecified atom stereocenters. The number of rotatable bonds is 8. The maximum absolute atomic E-state index is 13.3. The van der Waals surface area contributed by atoms with E-state index in [4.69, 9.17) is 28.3 Å². The fourth-order valence-corrected chi connectivity index (χ4v) is 4.47. The maximum atomic E-state index is 13.3. The van der Waals surface area contributed by atoms with Gasteiger partial charge in [-0.25, -0.2) is 9.42 Å². The molecule has 0 amide bonds. The molecule has 5 rings (SSSR count). The first-order valence-electron chi connectivity index (χ1n) is 11.3. The van der Waals surface area contributed by atoms with E-state index in [1.165, 1.54) is 21.3 Å². The molecule has 1 N–H and O–H groups in total. The molecular formula is C27H24N2O8. The highest BCUT2D eigenvalue weighted by Crippen LogP contribution is 2.46. The first-order valence-corrected chi connectivity index (χ1v) is 11.3. The Kier molecular flexibility index (Phi) is 6.18. The fourth-order valence-electron chi connectivity index (χ4n) is 4.47. The summed E-state index contributed by atoms with van der Waals surface area (Å²) in [5.74, 6) is -0.834. The summed E-state index contributed by atoms with van der Waals surface area (Å²) in [7, 11) is 6.09. The molecule has 3 aromatic carbocycles. The minimum Gasteiger partial charge on any atom is -0.497 e. The summed E-state index contributed by atoms with van der Waals surface area (Å²) in [6.07, 6.45) is 0.120. The van der Waals surface area contributed by atoms with Gasteiger partial charge in [-0.05, 0) is 70.0 Å². The van der Waals surface area contributed by atoms with Crippen molar-refractivity contribution in [3.05, 3.63) is 76.9 Å². The molecule has 0 saturated heterocycles. The van der Waals surface area contributed by atoms with Gasteiger partial charge in [0, 0.05) is 17.6 Å². The predicted molar refractivity (Wildman–Crippen MR) is 132 cm³/mol. The molecule has 0 spiro atoms. The second-order valence-electron chi connectivity index (χ2n) is 8.29. The van der Waals surface area contributed by atoms with Crippen molar-refractivity contribution in [2.24, 2.45) is 0 Å². The zero-order valence-corrected chi connectivity index (χ0v) is 20.6. The van der Waals surface area contributed by atoms with Crippen LogP contribution in [0.25, 0.3) is 16.6 Å². The zero-order valence-electron chi connectivity index (χ0n) is 20.6. The Morgan fingerprint density at radius 2 is 1.51 bits per heavy atom. The van der Waals surface area contributed by atoms with Crippen LogP contribution in [0.1, 0.15) is 16.7 Å². The quantitative estimate of drug-likeness (QED) is 0.356. The third kappa shape index (κ3) is 4.11. The van der Waals surface area contributed by atoms with Gasteiger partial charge in [-0.1, -0.05) is 6.07 Å². The first kappa shape index (κ1) is 24.1. The van der Waals surface area contributed by atoms with Gasteiger partial charge in [-0.15, -0.1) is 0 Å². The van der Waals surface area contributed by atoms with Crippen LogP contribution in [0.3, 0.4) is 0 Å². The molecule has 2 heterocycles. The van der Waals surface area contributed by atoms with Crippen molar-refractivity contribution >= 4 is 22.6 Å². The normalized spacial score (nSPS) is 17.2. The van der Waals surface area contributed by atoms with E-state index < -0.39 is 11.8 Å². The number of benzene rings is 3. The van der Waals surface area contributed by atoms with Crippen LogP contribution < -0.4 is 18.9 Å². The van der Waals surface area contributed by atoms with E-state index in [2.05, 4.69) is 10.3 Å². The van der Waals surface area contributed by atoms with Crippen molar-refractivity contribution in [2.75, 3.05) is 28.4 Å². The third-order valence-electron chi connectivity index (χ3n) is 6.28. The molecule has 0 bridgehead atoms. The lowest BCUT2D eigenvalue weighted by Gasteiger charge is -2.26. The molecule has 1 aromatic heterocycles. The molecular weight excluding hydrogens is 480 g/mol. The second-order valence-corrected chi connectivity index (χ2v) is 8.29. The number of nitrogens with zero attached hydrogens (tertiary/aromatic N) is 2. The highest BCUT2D eigenvalue weighted by molar-refractivity contribution is 6.20. The van der Waals surface area contributed by atoms with Crippen LogP contribution in [0.15, 0.2) is 64.8 Å². The second kappa shape index (κ2) is 9.47. The van der Waals surface area contributed by atoms with Crippen molar-refractivity contribution in [3.8, 4) is 23.0 Å². The van der Waals surface area contributed by atoms with Crippen molar-refractivity contribution in [3.63, 3.8) is 0 Å². The Bertz CT molecular complexity index is 1480. The Labute approximate surface area is 211 Å². The van der Waals surface area contributed by atoms with E-state index in [-0.39, 0.29) is 12.0 Å². The number of fused-ring (bicyclic) bond motifs is 1. The van der Waals surface area contributed by atoms with Crippen molar-refractivity contribution in [2.45, 2.75) is 12.2 Å². The van der Waals surface area contributed by atoms with Crippen LogP contribution >= 0.6 is 0 Å². The molecule has 0 saturated carbocycles. The minimum absolute atomic E-state index is 0.120. The monoisotopic (exact) mass is 504 g/mol. The van der Waals surface area contributed by atoms with E-state index >= 15 is 0 Å². The van der Waals surface area contributed by atoms with Crippen molar-refractivity contribution in [1.29, 1.82) is 0 Å². The molecule has 0 aliphatic carbocycles. The van der Waals surface area contributed by atoms with Crippen LogP contribution in [0.4, 0.5) is 0 Å². The number of cyclic esters (lactones) is 1. The average molecular weight is 504 g/mol. The number of hydrogen-bond donors (Lipinski definition) is 1.